The van der Waals surface area contributed by atoms with Crippen molar-refractivity contribution < 1.29 is 5.11 Å². The molecule has 0 bridgehead atoms. The Hall–Kier alpha value is -0.390. The quantitative estimate of drug-likeness (QED) is 0.821. The Bertz CT molecular complexity index is 358. The van der Waals surface area contributed by atoms with Gasteiger partial charge in [-0.25, -0.2) is 4.98 Å². The lowest BCUT2D eigenvalue weighted by atomic mass is 9.98. The highest BCUT2D eigenvalue weighted by atomic mass is 79.9. The van der Waals surface area contributed by atoms with Gasteiger partial charge in [0.05, 0.1) is 10.1 Å². The SMILES string of the molecule is CCC(O)(CC)CNc1nc(Cl)ncc1Br. The largest absolute Gasteiger partial charge is 0.388 e. The maximum atomic E-state index is 10.1. The summed E-state index contributed by atoms with van der Waals surface area (Å²) in [5.74, 6) is 0.598. The van der Waals surface area contributed by atoms with Gasteiger partial charge in [0, 0.05) is 12.7 Å². The average molecular weight is 309 g/mol. The van der Waals surface area contributed by atoms with E-state index in [4.69, 9.17) is 11.6 Å². The van der Waals surface area contributed by atoms with Gasteiger partial charge in [0.15, 0.2) is 0 Å². The molecule has 0 aromatic carbocycles. The van der Waals surface area contributed by atoms with Gasteiger partial charge in [0.2, 0.25) is 5.28 Å². The van der Waals surface area contributed by atoms with Crippen LogP contribution in [-0.2, 0) is 0 Å². The fourth-order valence-corrected chi connectivity index (χ4v) is 1.68. The van der Waals surface area contributed by atoms with Crippen molar-refractivity contribution in [1.29, 1.82) is 0 Å². The predicted octanol–water partition coefficient (Wildman–Crippen LogP) is 2.86. The summed E-state index contributed by atoms with van der Waals surface area (Å²) >= 11 is 9.00. The normalized spacial score (nSPS) is 11.6. The molecule has 0 atom stereocenters. The van der Waals surface area contributed by atoms with Gasteiger partial charge in [-0.3, -0.25) is 0 Å². The number of anilines is 1. The molecule has 0 saturated heterocycles. The molecule has 0 spiro atoms. The van der Waals surface area contributed by atoms with Crippen molar-refractivity contribution >= 4 is 33.3 Å². The van der Waals surface area contributed by atoms with Crippen LogP contribution in [0.4, 0.5) is 5.82 Å². The van der Waals surface area contributed by atoms with Crippen LogP contribution in [0.3, 0.4) is 0 Å². The van der Waals surface area contributed by atoms with Crippen LogP contribution in [0.15, 0.2) is 10.7 Å². The van der Waals surface area contributed by atoms with Crippen LogP contribution in [0.2, 0.25) is 5.28 Å². The van der Waals surface area contributed by atoms with E-state index in [1.165, 1.54) is 0 Å². The second-order valence-electron chi connectivity index (χ2n) is 3.62. The van der Waals surface area contributed by atoms with Gasteiger partial charge in [-0.15, -0.1) is 0 Å². The highest BCUT2D eigenvalue weighted by molar-refractivity contribution is 9.10. The van der Waals surface area contributed by atoms with Gasteiger partial charge in [0.25, 0.3) is 0 Å². The lowest BCUT2D eigenvalue weighted by Crippen LogP contribution is -2.35. The van der Waals surface area contributed by atoms with Crippen LogP contribution < -0.4 is 5.32 Å². The second-order valence-corrected chi connectivity index (χ2v) is 4.81. The lowest BCUT2D eigenvalue weighted by molar-refractivity contribution is 0.0456. The van der Waals surface area contributed by atoms with Gasteiger partial charge < -0.3 is 10.4 Å². The van der Waals surface area contributed by atoms with Crippen LogP contribution in [0, 0.1) is 0 Å². The molecule has 1 aromatic rings. The molecule has 16 heavy (non-hydrogen) atoms. The van der Waals surface area contributed by atoms with E-state index in [1.54, 1.807) is 6.20 Å². The summed E-state index contributed by atoms with van der Waals surface area (Å²) in [7, 11) is 0. The Labute approximate surface area is 109 Å². The van der Waals surface area contributed by atoms with Gasteiger partial charge in [-0.1, -0.05) is 13.8 Å². The zero-order valence-corrected chi connectivity index (χ0v) is 11.6. The van der Waals surface area contributed by atoms with Crippen molar-refractivity contribution in [2.45, 2.75) is 32.3 Å². The molecule has 0 amide bonds. The molecule has 1 rings (SSSR count). The number of hydrogen-bond donors (Lipinski definition) is 2. The number of aromatic nitrogens is 2. The molecular weight excluding hydrogens is 293 g/mol. The number of aliphatic hydroxyl groups is 1. The predicted molar refractivity (Wildman–Crippen MR) is 68.8 cm³/mol. The van der Waals surface area contributed by atoms with Crippen LogP contribution >= 0.6 is 27.5 Å². The number of halogens is 2. The Balaban J connectivity index is 2.70. The molecule has 1 aromatic heterocycles. The van der Waals surface area contributed by atoms with E-state index in [2.05, 4.69) is 31.2 Å². The number of rotatable bonds is 5. The summed E-state index contributed by atoms with van der Waals surface area (Å²) in [6, 6.07) is 0. The van der Waals surface area contributed by atoms with Crippen molar-refractivity contribution in [3.8, 4) is 0 Å². The first-order chi connectivity index (χ1) is 7.50. The van der Waals surface area contributed by atoms with E-state index in [0.717, 1.165) is 4.47 Å². The molecule has 90 valence electrons. The van der Waals surface area contributed by atoms with Crippen molar-refractivity contribution in [3.63, 3.8) is 0 Å². The van der Waals surface area contributed by atoms with E-state index in [-0.39, 0.29) is 5.28 Å². The highest BCUT2D eigenvalue weighted by Gasteiger charge is 2.22. The monoisotopic (exact) mass is 307 g/mol. The maximum absolute atomic E-state index is 10.1. The van der Waals surface area contributed by atoms with E-state index in [1.807, 2.05) is 13.8 Å². The second kappa shape index (κ2) is 5.80. The third-order valence-electron chi connectivity index (χ3n) is 2.62. The Morgan fingerprint density at radius 1 is 1.50 bits per heavy atom. The molecule has 0 saturated carbocycles. The molecule has 1 heterocycles. The van der Waals surface area contributed by atoms with Crippen LogP contribution in [-0.4, -0.2) is 27.2 Å². The fraction of sp³-hybridized carbons (Fsp3) is 0.600. The standard InChI is InChI=1S/C10H15BrClN3O/c1-3-10(16,4-2)6-14-8-7(11)5-13-9(12)15-8/h5,16H,3-4,6H2,1-2H3,(H,13,14,15). The van der Waals surface area contributed by atoms with Gasteiger partial charge in [0.1, 0.15) is 5.82 Å². The Morgan fingerprint density at radius 2 is 2.12 bits per heavy atom. The Morgan fingerprint density at radius 3 is 2.69 bits per heavy atom. The third kappa shape index (κ3) is 3.57. The molecule has 0 radical (unpaired) electrons. The van der Waals surface area contributed by atoms with Crippen LogP contribution in [0.25, 0.3) is 0 Å². The molecule has 0 fully saturated rings. The van der Waals surface area contributed by atoms with Crippen molar-refractivity contribution in [2.75, 3.05) is 11.9 Å². The first kappa shape index (κ1) is 13.7. The molecule has 2 N–H and O–H groups in total. The number of nitrogens with one attached hydrogen (secondary N) is 1. The summed E-state index contributed by atoms with van der Waals surface area (Å²) in [4.78, 5) is 7.86. The van der Waals surface area contributed by atoms with Crippen molar-refractivity contribution in [2.24, 2.45) is 0 Å². The minimum atomic E-state index is -0.711. The first-order valence-corrected chi connectivity index (χ1v) is 6.32. The molecular formula is C10H15BrClN3O. The highest BCUT2D eigenvalue weighted by Crippen LogP contribution is 2.22. The summed E-state index contributed by atoms with van der Waals surface area (Å²) < 4.78 is 0.728. The topological polar surface area (TPSA) is 58.0 Å². The lowest BCUT2D eigenvalue weighted by Gasteiger charge is -2.25. The third-order valence-corrected chi connectivity index (χ3v) is 3.38. The van der Waals surface area contributed by atoms with E-state index >= 15 is 0 Å². The number of nitrogens with zero attached hydrogens (tertiary/aromatic N) is 2. The first-order valence-electron chi connectivity index (χ1n) is 5.15. The average Bonchev–Trinajstić information content (AvgIpc) is 2.30. The van der Waals surface area contributed by atoms with Gasteiger partial charge >= 0.3 is 0 Å². The summed E-state index contributed by atoms with van der Waals surface area (Å²) in [6.45, 7) is 4.34. The molecule has 0 unspecified atom stereocenters. The zero-order valence-electron chi connectivity index (χ0n) is 9.30. The zero-order chi connectivity index (χ0) is 12.2. The smallest absolute Gasteiger partial charge is 0.224 e. The van der Waals surface area contributed by atoms with E-state index in [0.29, 0.717) is 25.2 Å². The molecule has 0 aliphatic rings. The maximum Gasteiger partial charge on any atom is 0.224 e. The van der Waals surface area contributed by atoms with Crippen molar-refractivity contribution in [3.05, 3.63) is 16.0 Å². The minimum Gasteiger partial charge on any atom is -0.388 e. The van der Waals surface area contributed by atoms with Crippen LogP contribution in [0.5, 0.6) is 0 Å². The number of hydrogen-bond acceptors (Lipinski definition) is 4. The molecule has 0 aliphatic carbocycles. The minimum absolute atomic E-state index is 0.183. The fourth-order valence-electron chi connectivity index (χ4n) is 1.22. The summed E-state index contributed by atoms with van der Waals surface area (Å²) in [5.41, 5.74) is -0.711. The summed E-state index contributed by atoms with van der Waals surface area (Å²) in [5, 5.41) is 13.3. The van der Waals surface area contributed by atoms with Gasteiger partial charge in [-0.05, 0) is 40.4 Å². The van der Waals surface area contributed by atoms with E-state index < -0.39 is 5.60 Å². The molecule has 6 heteroatoms. The van der Waals surface area contributed by atoms with Crippen molar-refractivity contribution in [1.82, 2.24) is 9.97 Å². The van der Waals surface area contributed by atoms with Gasteiger partial charge in [-0.2, -0.15) is 4.98 Å². The Kier molecular flexibility index (Phi) is 4.95. The molecule has 0 aliphatic heterocycles. The van der Waals surface area contributed by atoms with E-state index in [9.17, 15) is 5.11 Å². The van der Waals surface area contributed by atoms with Crippen LogP contribution in [0.1, 0.15) is 26.7 Å². The molecule has 4 nitrogen and oxygen atoms in total. The summed E-state index contributed by atoms with van der Waals surface area (Å²) in [6.07, 6.45) is 2.95.